The highest BCUT2D eigenvalue weighted by molar-refractivity contribution is 7.98. The average Bonchev–Trinajstić information content (AvgIpc) is 2.26. The van der Waals surface area contributed by atoms with Gasteiger partial charge in [-0.1, -0.05) is 13.8 Å². The van der Waals surface area contributed by atoms with Crippen molar-refractivity contribution in [3.63, 3.8) is 0 Å². The summed E-state index contributed by atoms with van der Waals surface area (Å²) in [4.78, 5) is 10.9. The molecule has 4 N–H and O–H groups in total. The molecule has 0 aliphatic carbocycles. The van der Waals surface area contributed by atoms with E-state index in [1.54, 1.807) is 6.21 Å². The van der Waals surface area contributed by atoms with Crippen LogP contribution in [-0.4, -0.2) is 42.2 Å². The van der Waals surface area contributed by atoms with Crippen LogP contribution in [0.15, 0.2) is 4.40 Å². The van der Waals surface area contributed by atoms with Gasteiger partial charge in [0.1, 0.15) is 6.04 Å². The molecule has 0 aromatic carbocycles. The van der Waals surface area contributed by atoms with Gasteiger partial charge in [-0.25, -0.2) is 4.40 Å². The predicted octanol–water partition coefficient (Wildman–Crippen LogP) is 1.14. The summed E-state index contributed by atoms with van der Waals surface area (Å²) in [5, 5.41) is 11.8. The van der Waals surface area contributed by atoms with Crippen LogP contribution in [0, 0.1) is 5.92 Å². The Hall–Kier alpha value is -0.590. The summed E-state index contributed by atoms with van der Waals surface area (Å²) in [7, 11) is 0. The van der Waals surface area contributed by atoms with Gasteiger partial charge in [-0.05, 0) is 37.3 Å². The molecule has 0 bridgehead atoms. The number of nitrogens with one attached hydrogen (secondary N) is 1. The molecule has 0 fully saturated rings. The van der Waals surface area contributed by atoms with E-state index in [4.69, 9.17) is 10.8 Å². The molecule has 0 amide bonds. The van der Waals surface area contributed by atoms with Crippen LogP contribution in [-0.2, 0) is 4.79 Å². The Morgan fingerprint density at radius 2 is 2.29 bits per heavy atom. The van der Waals surface area contributed by atoms with Crippen LogP contribution in [0.4, 0.5) is 0 Å². The highest BCUT2D eigenvalue weighted by Crippen LogP contribution is 2.07. The molecule has 0 aromatic heterocycles. The average molecular weight is 261 g/mol. The first-order valence-electron chi connectivity index (χ1n) is 5.88. The summed E-state index contributed by atoms with van der Waals surface area (Å²) in [6.45, 7) is 5.26. The molecule has 0 spiro atoms. The number of carboxylic acids is 1. The summed E-state index contributed by atoms with van der Waals surface area (Å²) in [6, 6.07) is -0.528. The molecule has 5 nitrogen and oxygen atoms in total. The summed E-state index contributed by atoms with van der Waals surface area (Å²) < 4.78 is 4.13. The smallest absolute Gasteiger partial charge is 0.320 e. The molecule has 0 radical (unpaired) electrons. The van der Waals surface area contributed by atoms with Crippen LogP contribution in [0.3, 0.4) is 0 Å². The Balaban J connectivity index is 3.70. The van der Waals surface area contributed by atoms with E-state index in [9.17, 15) is 4.79 Å². The fourth-order valence-corrected chi connectivity index (χ4v) is 1.68. The molecule has 0 unspecified atom stereocenters. The van der Waals surface area contributed by atoms with Gasteiger partial charge in [0.05, 0.1) is 0 Å². The standard InChI is InChI=1S/C11H23N3O2S/c1-9(2)8-17-14-7-6-13-10(11(15)16)4-3-5-12/h7,9-10,13H,3-6,8,12H2,1-2H3,(H,15,16)/t10-/m1/s1. The second kappa shape index (κ2) is 10.6. The molecule has 17 heavy (non-hydrogen) atoms. The first kappa shape index (κ1) is 16.4. The van der Waals surface area contributed by atoms with Crippen molar-refractivity contribution in [2.75, 3.05) is 18.8 Å². The van der Waals surface area contributed by atoms with Gasteiger partial charge in [-0.2, -0.15) is 0 Å². The highest BCUT2D eigenvalue weighted by atomic mass is 32.2. The maximum atomic E-state index is 10.9. The molecular formula is C11H23N3O2S. The third-order valence-corrected chi connectivity index (χ3v) is 3.12. The van der Waals surface area contributed by atoms with Crippen LogP contribution in [0.2, 0.25) is 0 Å². The fraction of sp³-hybridized carbons (Fsp3) is 0.818. The van der Waals surface area contributed by atoms with Crippen LogP contribution >= 0.6 is 11.9 Å². The van der Waals surface area contributed by atoms with Crippen molar-refractivity contribution in [1.29, 1.82) is 0 Å². The first-order valence-corrected chi connectivity index (χ1v) is 6.82. The Labute approximate surface area is 107 Å². The van der Waals surface area contributed by atoms with Gasteiger partial charge in [0.2, 0.25) is 0 Å². The van der Waals surface area contributed by atoms with Gasteiger partial charge in [0.25, 0.3) is 0 Å². The largest absolute Gasteiger partial charge is 0.480 e. The lowest BCUT2D eigenvalue weighted by atomic mass is 10.1. The zero-order chi connectivity index (χ0) is 13.1. The van der Waals surface area contributed by atoms with Gasteiger partial charge in [-0.3, -0.25) is 10.1 Å². The van der Waals surface area contributed by atoms with Gasteiger partial charge in [-0.15, -0.1) is 0 Å². The van der Waals surface area contributed by atoms with E-state index in [0.29, 0.717) is 31.8 Å². The lowest BCUT2D eigenvalue weighted by Crippen LogP contribution is -2.38. The van der Waals surface area contributed by atoms with E-state index in [0.717, 1.165) is 5.75 Å². The maximum Gasteiger partial charge on any atom is 0.320 e. The summed E-state index contributed by atoms with van der Waals surface area (Å²) >= 11 is 1.50. The first-order chi connectivity index (χ1) is 8.07. The molecule has 0 saturated heterocycles. The van der Waals surface area contributed by atoms with Crippen LogP contribution < -0.4 is 11.1 Å². The van der Waals surface area contributed by atoms with Crippen molar-refractivity contribution >= 4 is 24.1 Å². The van der Waals surface area contributed by atoms with Crippen molar-refractivity contribution in [1.82, 2.24) is 5.32 Å². The fourth-order valence-electron chi connectivity index (χ4n) is 1.11. The van der Waals surface area contributed by atoms with Crippen molar-refractivity contribution in [3.05, 3.63) is 0 Å². The van der Waals surface area contributed by atoms with Gasteiger partial charge in [0.15, 0.2) is 0 Å². The molecule has 6 heteroatoms. The van der Waals surface area contributed by atoms with E-state index >= 15 is 0 Å². The number of nitrogens with two attached hydrogens (primary N) is 1. The maximum absolute atomic E-state index is 10.9. The zero-order valence-corrected chi connectivity index (χ0v) is 11.4. The van der Waals surface area contributed by atoms with Crippen LogP contribution in [0.25, 0.3) is 0 Å². The van der Waals surface area contributed by atoms with Crippen molar-refractivity contribution in [3.8, 4) is 0 Å². The molecule has 0 rings (SSSR count). The van der Waals surface area contributed by atoms with Crippen molar-refractivity contribution in [2.24, 2.45) is 16.0 Å². The van der Waals surface area contributed by atoms with E-state index in [2.05, 4.69) is 23.6 Å². The minimum Gasteiger partial charge on any atom is -0.480 e. The molecule has 1 atom stereocenters. The molecule has 0 saturated carbocycles. The Morgan fingerprint density at radius 3 is 2.82 bits per heavy atom. The normalized spacial score (nSPS) is 13.4. The minimum absolute atomic E-state index is 0.479. The van der Waals surface area contributed by atoms with Crippen LogP contribution in [0.5, 0.6) is 0 Å². The Morgan fingerprint density at radius 1 is 1.59 bits per heavy atom. The molecule has 0 aliphatic rings. The number of hydrogen-bond acceptors (Lipinski definition) is 5. The number of carbonyl (C=O) groups is 1. The molecule has 0 aliphatic heterocycles. The highest BCUT2D eigenvalue weighted by Gasteiger charge is 2.14. The second-order valence-electron chi connectivity index (χ2n) is 4.21. The number of rotatable bonds is 10. The third kappa shape index (κ3) is 10.3. The lowest BCUT2D eigenvalue weighted by molar-refractivity contribution is -0.139. The molecule has 0 aromatic rings. The quantitative estimate of drug-likeness (QED) is 0.405. The molecule has 100 valence electrons. The Kier molecular flexibility index (Phi) is 10.2. The SMILES string of the molecule is CC(C)CSN=CCN[C@H](CCCN)C(=O)O. The number of hydrogen-bond donors (Lipinski definition) is 3. The van der Waals surface area contributed by atoms with E-state index < -0.39 is 12.0 Å². The van der Waals surface area contributed by atoms with Crippen molar-refractivity contribution in [2.45, 2.75) is 32.7 Å². The number of nitrogens with zero attached hydrogens (tertiary/aromatic N) is 1. The van der Waals surface area contributed by atoms with E-state index in [1.165, 1.54) is 11.9 Å². The van der Waals surface area contributed by atoms with Gasteiger partial charge < -0.3 is 10.8 Å². The third-order valence-electron chi connectivity index (χ3n) is 2.01. The lowest BCUT2D eigenvalue weighted by Gasteiger charge is -2.11. The Bertz CT molecular complexity index is 235. The molecular weight excluding hydrogens is 238 g/mol. The monoisotopic (exact) mass is 261 g/mol. The minimum atomic E-state index is -0.832. The zero-order valence-electron chi connectivity index (χ0n) is 10.6. The van der Waals surface area contributed by atoms with Crippen LogP contribution in [0.1, 0.15) is 26.7 Å². The van der Waals surface area contributed by atoms with Crippen molar-refractivity contribution < 1.29 is 9.90 Å². The van der Waals surface area contributed by atoms with E-state index in [1.807, 2.05) is 0 Å². The molecule has 0 heterocycles. The summed E-state index contributed by atoms with van der Waals surface area (Å²) in [6.07, 6.45) is 2.98. The predicted molar refractivity (Wildman–Crippen MR) is 73.5 cm³/mol. The van der Waals surface area contributed by atoms with Gasteiger partial charge >= 0.3 is 5.97 Å². The van der Waals surface area contributed by atoms with Gasteiger partial charge in [0, 0.05) is 18.5 Å². The second-order valence-corrected chi connectivity index (χ2v) is 5.01. The summed E-state index contributed by atoms with van der Waals surface area (Å²) in [5.74, 6) is 0.759. The summed E-state index contributed by atoms with van der Waals surface area (Å²) in [5.41, 5.74) is 5.35. The topological polar surface area (TPSA) is 87.7 Å². The van der Waals surface area contributed by atoms with E-state index in [-0.39, 0.29) is 0 Å². The number of aliphatic carboxylic acids is 1. The number of carboxylic acid groups (broad SMARTS) is 1.